The topological polar surface area (TPSA) is 29.9 Å². The second kappa shape index (κ2) is 5.03. The number of benzene rings is 2. The quantitative estimate of drug-likeness (QED) is 0.683. The van der Waals surface area contributed by atoms with Crippen molar-refractivity contribution >= 4 is 39.2 Å². The minimum Gasteiger partial charge on any atom is -0.494 e. The number of fused-ring (bicyclic) bond motifs is 1. The van der Waals surface area contributed by atoms with E-state index in [4.69, 9.17) is 17.0 Å². The number of halogens is 2. The van der Waals surface area contributed by atoms with E-state index in [2.05, 4.69) is 20.9 Å². The average Bonchev–Trinajstić information content (AvgIpc) is 2.78. The Bertz CT molecular complexity index is 856. The molecule has 3 nitrogen and oxygen atoms in total. The normalized spacial score (nSPS) is 10.9. The second-order valence-electron chi connectivity index (χ2n) is 4.22. The fourth-order valence-electron chi connectivity index (χ4n) is 2.15. The van der Waals surface area contributed by atoms with Crippen LogP contribution in [-0.2, 0) is 0 Å². The summed E-state index contributed by atoms with van der Waals surface area (Å²) >= 11 is 8.55. The van der Waals surface area contributed by atoms with Crippen LogP contribution >= 0.6 is 28.1 Å². The Morgan fingerprint density at radius 1 is 1.30 bits per heavy atom. The molecule has 0 aliphatic carbocycles. The van der Waals surface area contributed by atoms with Gasteiger partial charge in [-0.05, 0) is 58.5 Å². The number of nitrogens with one attached hydrogen (secondary N) is 1. The van der Waals surface area contributed by atoms with Crippen LogP contribution in [0, 0.1) is 10.6 Å². The van der Waals surface area contributed by atoms with Gasteiger partial charge in [0, 0.05) is 5.69 Å². The lowest BCUT2D eigenvalue weighted by Gasteiger charge is -2.06. The zero-order chi connectivity index (χ0) is 14.3. The van der Waals surface area contributed by atoms with Crippen molar-refractivity contribution in [2.45, 2.75) is 0 Å². The summed E-state index contributed by atoms with van der Waals surface area (Å²) < 4.78 is 21.5. The predicted octanol–water partition coefficient (Wildman–Crippen LogP) is 4.60. The van der Waals surface area contributed by atoms with Crippen molar-refractivity contribution in [3.63, 3.8) is 0 Å². The molecule has 3 aromatic rings. The number of rotatable bonds is 2. The smallest absolute Gasteiger partial charge is 0.182 e. The van der Waals surface area contributed by atoms with Crippen molar-refractivity contribution in [3.05, 3.63) is 51.5 Å². The maximum absolute atomic E-state index is 13.4. The van der Waals surface area contributed by atoms with E-state index in [9.17, 15) is 4.39 Å². The Balaban J connectivity index is 2.33. The molecule has 20 heavy (non-hydrogen) atoms. The van der Waals surface area contributed by atoms with Crippen molar-refractivity contribution in [2.75, 3.05) is 7.11 Å². The van der Waals surface area contributed by atoms with Gasteiger partial charge in [0.1, 0.15) is 17.1 Å². The number of nitrogens with zero attached hydrogens (tertiary/aromatic N) is 1. The Morgan fingerprint density at radius 2 is 2.10 bits per heavy atom. The van der Waals surface area contributed by atoms with Gasteiger partial charge in [-0.25, -0.2) is 4.39 Å². The first kappa shape index (κ1) is 13.3. The summed E-state index contributed by atoms with van der Waals surface area (Å²) in [6.07, 6.45) is 0. The van der Waals surface area contributed by atoms with Crippen molar-refractivity contribution in [1.82, 2.24) is 9.55 Å². The third-order valence-corrected chi connectivity index (χ3v) is 3.95. The minimum atomic E-state index is -0.308. The molecule has 0 aliphatic rings. The molecular formula is C14H10BrFN2OS. The Morgan fingerprint density at radius 3 is 2.80 bits per heavy atom. The first-order valence-corrected chi connectivity index (χ1v) is 7.05. The van der Waals surface area contributed by atoms with Gasteiger partial charge in [-0.1, -0.05) is 6.07 Å². The molecule has 0 atom stereocenters. The Labute approximate surface area is 128 Å². The van der Waals surface area contributed by atoms with Crippen LogP contribution in [-0.4, -0.2) is 16.7 Å². The molecule has 0 unspecified atom stereocenters. The van der Waals surface area contributed by atoms with Crippen LogP contribution in [0.15, 0.2) is 40.9 Å². The number of aromatic amines is 1. The third kappa shape index (κ3) is 2.05. The van der Waals surface area contributed by atoms with Crippen LogP contribution in [0.3, 0.4) is 0 Å². The summed E-state index contributed by atoms with van der Waals surface area (Å²) in [4.78, 5) is 3.12. The lowest BCUT2D eigenvalue weighted by molar-refractivity contribution is 0.419. The van der Waals surface area contributed by atoms with Crippen molar-refractivity contribution in [1.29, 1.82) is 0 Å². The second-order valence-corrected chi connectivity index (χ2v) is 5.46. The molecule has 0 amide bonds. The highest BCUT2D eigenvalue weighted by molar-refractivity contribution is 9.10. The van der Waals surface area contributed by atoms with Gasteiger partial charge in [0.15, 0.2) is 4.77 Å². The first-order chi connectivity index (χ1) is 9.61. The summed E-state index contributed by atoms with van der Waals surface area (Å²) in [6, 6.07) is 10.5. The van der Waals surface area contributed by atoms with Crippen LogP contribution in [0.25, 0.3) is 16.7 Å². The molecule has 0 saturated heterocycles. The molecule has 0 bridgehead atoms. The van der Waals surface area contributed by atoms with Crippen LogP contribution in [0.5, 0.6) is 5.75 Å². The van der Waals surface area contributed by atoms with E-state index in [0.29, 0.717) is 15.0 Å². The van der Waals surface area contributed by atoms with Gasteiger partial charge in [0.05, 0.1) is 17.1 Å². The van der Waals surface area contributed by atoms with E-state index in [0.717, 1.165) is 16.7 Å². The molecule has 0 spiro atoms. The van der Waals surface area contributed by atoms with E-state index in [1.165, 1.54) is 6.07 Å². The van der Waals surface area contributed by atoms with E-state index in [-0.39, 0.29) is 5.82 Å². The lowest BCUT2D eigenvalue weighted by atomic mass is 10.2. The molecule has 0 radical (unpaired) electrons. The van der Waals surface area contributed by atoms with Crippen LogP contribution in [0.1, 0.15) is 0 Å². The van der Waals surface area contributed by atoms with E-state index in [1.807, 2.05) is 22.8 Å². The number of ether oxygens (including phenoxy) is 1. The molecule has 0 saturated carbocycles. The molecule has 6 heteroatoms. The van der Waals surface area contributed by atoms with Crippen LogP contribution < -0.4 is 4.74 Å². The lowest BCUT2D eigenvalue weighted by Crippen LogP contribution is -1.95. The molecule has 1 aromatic heterocycles. The van der Waals surface area contributed by atoms with Gasteiger partial charge >= 0.3 is 0 Å². The summed E-state index contributed by atoms with van der Waals surface area (Å²) in [5.41, 5.74) is 2.48. The largest absolute Gasteiger partial charge is 0.494 e. The number of imidazole rings is 1. The van der Waals surface area contributed by atoms with Crippen LogP contribution in [0.2, 0.25) is 0 Å². The number of para-hydroxylation sites is 1. The van der Waals surface area contributed by atoms with Gasteiger partial charge < -0.3 is 9.72 Å². The van der Waals surface area contributed by atoms with Crippen molar-refractivity contribution in [2.24, 2.45) is 0 Å². The highest BCUT2D eigenvalue weighted by atomic mass is 79.9. The minimum absolute atomic E-state index is 0.308. The maximum atomic E-state index is 13.4. The van der Waals surface area contributed by atoms with Gasteiger partial charge in [-0.15, -0.1) is 0 Å². The first-order valence-electron chi connectivity index (χ1n) is 5.85. The monoisotopic (exact) mass is 352 g/mol. The zero-order valence-corrected chi connectivity index (χ0v) is 12.9. The van der Waals surface area contributed by atoms with Crippen LogP contribution in [0.4, 0.5) is 4.39 Å². The van der Waals surface area contributed by atoms with E-state index < -0.39 is 0 Å². The fourth-order valence-corrected chi connectivity index (χ4v) is 2.83. The van der Waals surface area contributed by atoms with Crippen molar-refractivity contribution < 1.29 is 9.13 Å². The van der Waals surface area contributed by atoms with Gasteiger partial charge in [-0.3, -0.25) is 4.57 Å². The van der Waals surface area contributed by atoms with Gasteiger partial charge in [-0.2, -0.15) is 0 Å². The average molecular weight is 353 g/mol. The summed E-state index contributed by atoms with van der Waals surface area (Å²) in [7, 11) is 1.61. The number of aromatic nitrogens is 2. The molecule has 1 N–H and O–H groups in total. The standard InChI is InChI=1S/C14H10BrFN2OS/c1-19-12-4-2-3-11-13(12)17-14(20)18(11)8-5-6-10(16)9(15)7-8/h2-7H,1H3,(H,17,20). The summed E-state index contributed by atoms with van der Waals surface area (Å²) in [5.74, 6) is 0.409. The molecule has 2 aromatic carbocycles. The molecule has 0 aliphatic heterocycles. The fraction of sp³-hybridized carbons (Fsp3) is 0.0714. The molecule has 0 fully saturated rings. The van der Waals surface area contributed by atoms with E-state index >= 15 is 0 Å². The van der Waals surface area contributed by atoms with E-state index in [1.54, 1.807) is 19.2 Å². The highest BCUT2D eigenvalue weighted by Crippen LogP contribution is 2.28. The van der Waals surface area contributed by atoms with Gasteiger partial charge in [0.25, 0.3) is 0 Å². The summed E-state index contributed by atoms with van der Waals surface area (Å²) in [6.45, 7) is 0. The third-order valence-electron chi connectivity index (χ3n) is 3.06. The number of methoxy groups -OCH3 is 1. The number of hydrogen-bond acceptors (Lipinski definition) is 2. The number of hydrogen-bond donors (Lipinski definition) is 1. The molecule has 3 rings (SSSR count). The molecule has 1 heterocycles. The van der Waals surface area contributed by atoms with Crippen molar-refractivity contribution in [3.8, 4) is 11.4 Å². The predicted molar refractivity (Wildman–Crippen MR) is 82.7 cm³/mol. The van der Waals surface area contributed by atoms with Gasteiger partial charge in [0.2, 0.25) is 0 Å². The molecular weight excluding hydrogens is 343 g/mol. The number of H-pyrrole nitrogens is 1. The summed E-state index contributed by atoms with van der Waals surface area (Å²) in [5, 5.41) is 0. The SMILES string of the molecule is COc1cccc2c1[nH]c(=S)n2-c1ccc(F)c(Br)c1. The Kier molecular flexibility index (Phi) is 3.35. The Hall–Kier alpha value is -1.66. The zero-order valence-electron chi connectivity index (χ0n) is 10.5. The maximum Gasteiger partial charge on any atom is 0.182 e. The highest BCUT2D eigenvalue weighted by Gasteiger charge is 2.11. The molecule has 102 valence electrons.